The summed E-state index contributed by atoms with van der Waals surface area (Å²) in [6, 6.07) is 3.74. The lowest BCUT2D eigenvalue weighted by atomic mass is 9.81. The quantitative estimate of drug-likeness (QED) is 0.795. The number of H-pyrrole nitrogens is 1. The number of pyridine rings is 1. The van der Waals surface area contributed by atoms with Gasteiger partial charge in [0.25, 0.3) is 0 Å². The summed E-state index contributed by atoms with van der Waals surface area (Å²) in [5, 5.41) is 14.5. The molecule has 0 amide bonds. The molecule has 1 N–H and O–H groups in total. The van der Waals surface area contributed by atoms with Crippen LogP contribution in [0, 0.1) is 5.92 Å². The second-order valence-corrected chi connectivity index (χ2v) is 5.41. The normalized spacial score (nSPS) is 13.9. The summed E-state index contributed by atoms with van der Waals surface area (Å²) in [7, 11) is 0. The van der Waals surface area contributed by atoms with Gasteiger partial charge in [0.2, 0.25) is 0 Å². The number of nitrogens with one attached hydrogen (secondary N) is 1. The largest absolute Gasteiger partial charge is 0.300 e. The third-order valence-electron chi connectivity index (χ3n) is 3.60. The van der Waals surface area contributed by atoms with Gasteiger partial charge in [-0.2, -0.15) is 0 Å². The Balaban J connectivity index is 2.32. The maximum absolute atomic E-state index is 12.0. The number of aromatic amines is 1. The predicted octanol–water partition coefficient (Wildman–Crippen LogP) is 2.58. The van der Waals surface area contributed by atoms with E-state index in [2.05, 4.69) is 32.5 Å². The highest BCUT2D eigenvalue weighted by Gasteiger charge is 2.30. The number of carbonyl (C=O) groups is 1. The Morgan fingerprint density at radius 3 is 2.86 bits per heavy atom. The minimum Gasteiger partial charge on any atom is -0.300 e. The summed E-state index contributed by atoms with van der Waals surface area (Å²) in [4.78, 5) is 16.1. The van der Waals surface area contributed by atoms with Crippen LogP contribution in [0.1, 0.15) is 44.0 Å². The van der Waals surface area contributed by atoms with Crippen molar-refractivity contribution in [2.75, 3.05) is 0 Å². The molecule has 0 saturated heterocycles. The smallest absolute Gasteiger partial charge is 0.152 e. The number of hydrogen-bond acceptors (Lipinski definition) is 5. The summed E-state index contributed by atoms with van der Waals surface area (Å²) in [5.41, 5.74) is 0.892. The molecule has 21 heavy (non-hydrogen) atoms. The highest BCUT2D eigenvalue weighted by atomic mass is 35.5. The number of ketones is 1. The van der Waals surface area contributed by atoms with E-state index < -0.39 is 0 Å². The van der Waals surface area contributed by atoms with Crippen LogP contribution in [0.3, 0.4) is 0 Å². The summed E-state index contributed by atoms with van der Waals surface area (Å²) in [6.07, 6.45) is 3.93. The molecule has 0 saturated carbocycles. The number of rotatable bonds is 7. The second-order valence-electron chi connectivity index (χ2n) is 5.06. The molecule has 0 fully saturated rings. The highest BCUT2D eigenvalue weighted by molar-refractivity contribution is 6.30. The molecule has 0 aliphatic carbocycles. The molecule has 112 valence electrons. The molecule has 0 spiro atoms. The van der Waals surface area contributed by atoms with Crippen LogP contribution in [0.4, 0.5) is 0 Å². The van der Waals surface area contributed by atoms with Gasteiger partial charge in [-0.3, -0.25) is 4.79 Å². The van der Waals surface area contributed by atoms with E-state index in [1.165, 1.54) is 0 Å². The molecule has 0 unspecified atom stereocenters. The lowest BCUT2D eigenvalue weighted by Crippen LogP contribution is -2.23. The average Bonchev–Trinajstić information content (AvgIpc) is 2.98. The van der Waals surface area contributed by atoms with E-state index in [1.807, 2.05) is 12.1 Å². The van der Waals surface area contributed by atoms with Crippen molar-refractivity contribution < 1.29 is 4.79 Å². The third kappa shape index (κ3) is 3.85. The van der Waals surface area contributed by atoms with Crippen molar-refractivity contribution in [3.05, 3.63) is 34.9 Å². The lowest BCUT2D eigenvalue weighted by molar-refractivity contribution is -0.121. The second kappa shape index (κ2) is 7.26. The third-order valence-corrected chi connectivity index (χ3v) is 3.94. The van der Waals surface area contributed by atoms with Crippen molar-refractivity contribution in [1.82, 2.24) is 25.6 Å². The van der Waals surface area contributed by atoms with Gasteiger partial charge in [-0.25, -0.2) is 10.1 Å². The molecule has 7 heteroatoms. The molecular weight excluding hydrogens is 290 g/mol. The minimum absolute atomic E-state index is 0.126. The van der Waals surface area contributed by atoms with E-state index >= 15 is 0 Å². The van der Waals surface area contributed by atoms with Crippen LogP contribution < -0.4 is 0 Å². The monoisotopic (exact) mass is 307 g/mol. The van der Waals surface area contributed by atoms with Crippen LogP contribution in [0.25, 0.3) is 0 Å². The van der Waals surface area contributed by atoms with Crippen LogP contribution in [0.15, 0.2) is 18.3 Å². The van der Waals surface area contributed by atoms with E-state index in [0.717, 1.165) is 18.4 Å². The number of tetrazole rings is 1. The van der Waals surface area contributed by atoms with E-state index in [1.54, 1.807) is 13.1 Å². The first-order chi connectivity index (χ1) is 10.1. The lowest BCUT2D eigenvalue weighted by Gasteiger charge is -2.23. The van der Waals surface area contributed by atoms with Crippen molar-refractivity contribution in [2.24, 2.45) is 5.92 Å². The Hall–Kier alpha value is -1.82. The van der Waals surface area contributed by atoms with Crippen molar-refractivity contribution in [3.63, 3.8) is 0 Å². The zero-order valence-electron chi connectivity index (χ0n) is 12.1. The molecule has 0 aromatic carbocycles. The van der Waals surface area contributed by atoms with Gasteiger partial charge in [0.05, 0.1) is 0 Å². The van der Waals surface area contributed by atoms with Gasteiger partial charge in [0, 0.05) is 18.0 Å². The van der Waals surface area contributed by atoms with Gasteiger partial charge in [-0.05, 0) is 41.8 Å². The Morgan fingerprint density at radius 1 is 1.48 bits per heavy atom. The molecule has 0 aliphatic rings. The van der Waals surface area contributed by atoms with E-state index in [9.17, 15) is 4.79 Å². The molecular formula is C14H18ClN5O. The van der Waals surface area contributed by atoms with Gasteiger partial charge >= 0.3 is 0 Å². The number of Topliss-reactive ketones (excluding diaryl/α,β-unsaturated/α-hetero) is 1. The predicted molar refractivity (Wildman–Crippen MR) is 78.9 cm³/mol. The first-order valence-corrected chi connectivity index (χ1v) is 7.34. The molecule has 0 aliphatic heterocycles. The minimum atomic E-state index is -0.138. The molecule has 2 aromatic rings. The van der Waals surface area contributed by atoms with Crippen LogP contribution in [0.5, 0.6) is 0 Å². The first kappa shape index (κ1) is 15.6. The van der Waals surface area contributed by atoms with Crippen molar-refractivity contribution in [2.45, 2.75) is 39.0 Å². The van der Waals surface area contributed by atoms with Crippen LogP contribution in [-0.4, -0.2) is 31.4 Å². The van der Waals surface area contributed by atoms with Crippen molar-refractivity contribution in [3.8, 4) is 0 Å². The molecule has 0 radical (unpaired) electrons. The highest BCUT2D eigenvalue weighted by Crippen LogP contribution is 2.31. The molecule has 2 rings (SSSR count). The van der Waals surface area contributed by atoms with E-state index in [4.69, 9.17) is 11.6 Å². The number of aromatic nitrogens is 5. The van der Waals surface area contributed by atoms with E-state index in [-0.39, 0.29) is 17.6 Å². The van der Waals surface area contributed by atoms with Crippen LogP contribution >= 0.6 is 11.6 Å². The van der Waals surface area contributed by atoms with Gasteiger partial charge in [0.1, 0.15) is 10.9 Å². The summed E-state index contributed by atoms with van der Waals surface area (Å²) >= 11 is 6.13. The molecule has 0 bridgehead atoms. The Morgan fingerprint density at radius 2 is 2.29 bits per heavy atom. The zero-order chi connectivity index (χ0) is 15.2. The SMILES string of the molecule is CCC[C@H](C(C)=O)[C@H](Cc1cccnc1Cl)c1nnn[nH]1. The van der Waals surface area contributed by atoms with Gasteiger partial charge in [-0.15, -0.1) is 5.10 Å². The molecule has 2 aromatic heterocycles. The molecule has 2 heterocycles. The van der Waals surface area contributed by atoms with Crippen molar-refractivity contribution >= 4 is 17.4 Å². The Bertz CT molecular complexity index is 587. The first-order valence-electron chi connectivity index (χ1n) is 6.97. The van der Waals surface area contributed by atoms with Gasteiger partial charge in [-0.1, -0.05) is 31.0 Å². The van der Waals surface area contributed by atoms with Gasteiger partial charge in [0.15, 0.2) is 5.82 Å². The molecule has 2 atom stereocenters. The Kier molecular flexibility index (Phi) is 5.38. The number of hydrogen-bond donors (Lipinski definition) is 1. The fourth-order valence-electron chi connectivity index (χ4n) is 2.56. The Labute approximate surface area is 128 Å². The number of nitrogens with zero attached hydrogens (tertiary/aromatic N) is 4. The zero-order valence-corrected chi connectivity index (χ0v) is 12.8. The van der Waals surface area contributed by atoms with E-state index in [0.29, 0.717) is 17.4 Å². The van der Waals surface area contributed by atoms with Crippen LogP contribution in [-0.2, 0) is 11.2 Å². The fraction of sp³-hybridized carbons (Fsp3) is 0.500. The van der Waals surface area contributed by atoms with Gasteiger partial charge < -0.3 is 0 Å². The number of carbonyl (C=O) groups excluding carboxylic acids is 1. The fourth-order valence-corrected chi connectivity index (χ4v) is 2.76. The molecule has 6 nitrogen and oxygen atoms in total. The summed E-state index contributed by atoms with van der Waals surface area (Å²) in [6.45, 7) is 3.67. The maximum Gasteiger partial charge on any atom is 0.152 e. The average molecular weight is 308 g/mol. The van der Waals surface area contributed by atoms with Crippen molar-refractivity contribution in [1.29, 1.82) is 0 Å². The van der Waals surface area contributed by atoms with Crippen LogP contribution in [0.2, 0.25) is 5.15 Å². The summed E-state index contributed by atoms with van der Waals surface area (Å²) < 4.78 is 0. The maximum atomic E-state index is 12.0. The topological polar surface area (TPSA) is 84.4 Å². The summed E-state index contributed by atoms with van der Waals surface area (Å²) in [5.74, 6) is 0.488. The number of halogens is 1. The standard InChI is InChI=1S/C14H18ClN5O/c1-3-5-11(9(2)21)12(14-17-19-20-18-14)8-10-6-4-7-16-13(10)15/h4,6-7,11-12H,3,5,8H2,1-2H3,(H,17,18,19,20)/t11-,12+/m1/s1.